The van der Waals surface area contributed by atoms with Crippen LogP contribution in [0.5, 0.6) is 0 Å². The van der Waals surface area contributed by atoms with Crippen LogP contribution in [0.4, 0.5) is 0 Å². The van der Waals surface area contributed by atoms with Crippen molar-refractivity contribution in [1.29, 1.82) is 0 Å². The molecular weight excluding hydrogens is 520 g/mol. The van der Waals surface area contributed by atoms with Gasteiger partial charge in [-0.15, -0.1) is 0 Å². The Morgan fingerprint density at radius 2 is 1.17 bits per heavy atom. The minimum atomic E-state index is -0.345. The van der Waals surface area contributed by atoms with Crippen molar-refractivity contribution in [2.24, 2.45) is 38.9 Å². The molecule has 0 aromatic carbocycles. The summed E-state index contributed by atoms with van der Waals surface area (Å²) in [6, 6.07) is 0. The maximum atomic E-state index is 10.6. The molecule has 4 aliphatic carbocycles. The van der Waals surface area contributed by atoms with Crippen molar-refractivity contribution in [3.05, 3.63) is 0 Å². The molecule has 0 amide bonds. The molecule has 4 bridgehead atoms. The number of aliphatic hydroxyl groups is 1. The highest BCUT2D eigenvalue weighted by molar-refractivity contribution is 5.07. The molecule has 2 heterocycles. The quantitative estimate of drug-likeness (QED) is 0.263. The normalized spacial score (nSPS) is 43.2. The molecule has 0 radical (unpaired) electrons. The van der Waals surface area contributed by atoms with E-state index in [0.717, 1.165) is 84.6 Å². The van der Waals surface area contributed by atoms with E-state index in [1.807, 2.05) is 0 Å². The smallest absolute Gasteiger partial charge is 0.0633 e. The molecule has 9 unspecified atom stereocenters. The SMILES string of the molecule is CCC1(COC2CC3(C)CC2CC3OCC(CC)(CO)COC2CC3(C)CC2CC3OCC2(CC)COC2)COC1. The summed E-state index contributed by atoms with van der Waals surface area (Å²) in [6.07, 6.45) is 10.9. The molecule has 6 aliphatic rings. The van der Waals surface area contributed by atoms with E-state index in [2.05, 4.69) is 34.6 Å². The van der Waals surface area contributed by atoms with Gasteiger partial charge in [0.1, 0.15) is 0 Å². The standard InChI is InChI=1S/C34H58O7/c1-6-32(15-35,20-38-26-13-31(5)11-24(26)10-29(31)41-23-34(8-3)18-37-19-34)21-40-28-9-25-12-30(28,4)14-27(25)39-22-33(7-2)16-36-17-33/h24-29,35H,6-23H2,1-5H3. The van der Waals surface area contributed by atoms with E-state index in [1.165, 1.54) is 12.8 Å². The van der Waals surface area contributed by atoms with Crippen LogP contribution < -0.4 is 0 Å². The van der Waals surface area contributed by atoms with E-state index < -0.39 is 0 Å². The van der Waals surface area contributed by atoms with Crippen LogP contribution in [0.15, 0.2) is 0 Å². The largest absolute Gasteiger partial charge is 0.396 e. The second-order valence-electron chi connectivity index (χ2n) is 16.1. The highest BCUT2D eigenvalue weighted by Crippen LogP contribution is 2.58. The Hall–Kier alpha value is -0.280. The van der Waals surface area contributed by atoms with E-state index in [-0.39, 0.29) is 45.9 Å². The molecular formula is C34H58O7. The first-order valence-corrected chi connectivity index (χ1v) is 16.9. The summed E-state index contributed by atoms with van der Waals surface area (Å²) >= 11 is 0. The van der Waals surface area contributed by atoms with Crippen LogP contribution in [0.2, 0.25) is 0 Å². The Balaban J connectivity index is 0.964. The summed E-state index contributed by atoms with van der Waals surface area (Å²) in [5.74, 6) is 1.13. The van der Waals surface area contributed by atoms with Gasteiger partial charge in [0.2, 0.25) is 0 Å². The molecule has 0 aromatic heterocycles. The predicted molar refractivity (Wildman–Crippen MR) is 157 cm³/mol. The Bertz CT molecular complexity index is 886. The zero-order chi connectivity index (χ0) is 28.9. The van der Waals surface area contributed by atoms with E-state index in [1.54, 1.807) is 0 Å². The molecule has 0 spiro atoms. The van der Waals surface area contributed by atoms with Gasteiger partial charge < -0.3 is 33.5 Å². The molecule has 41 heavy (non-hydrogen) atoms. The monoisotopic (exact) mass is 578 g/mol. The number of ether oxygens (including phenoxy) is 6. The van der Waals surface area contributed by atoms with Crippen LogP contribution in [0.3, 0.4) is 0 Å². The van der Waals surface area contributed by atoms with Crippen molar-refractivity contribution in [2.45, 2.75) is 117 Å². The number of hydrogen-bond donors (Lipinski definition) is 1. The third-order valence-electron chi connectivity index (χ3n) is 13.0. The molecule has 9 atom stereocenters. The van der Waals surface area contributed by atoms with Gasteiger partial charge in [-0.2, -0.15) is 0 Å². The van der Waals surface area contributed by atoms with Gasteiger partial charge in [-0.05, 0) is 80.5 Å². The number of fused-ring (bicyclic) bond motifs is 4. The summed E-state index contributed by atoms with van der Waals surface area (Å²) < 4.78 is 37.4. The summed E-state index contributed by atoms with van der Waals surface area (Å²) in [4.78, 5) is 0. The fraction of sp³-hybridized carbons (Fsp3) is 1.00. The first-order chi connectivity index (χ1) is 19.6. The third-order valence-corrected chi connectivity index (χ3v) is 13.0. The lowest BCUT2D eigenvalue weighted by Gasteiger charge is -2.43. The van der Waals surface area contributed by atoms with Crippen LogP contribution in [0.1, 0.15) is 92.4 Å². The van der Waals surface area contributed by atoms with Gasteiger partial charge in [0, 0.05) is 16.2 Å². The van der Waals surface area contributed by atoms with Gasteiger partial charge >= 0.3 is 0 Å². The minimum absolute atomic E-state index is 0.102. The van der Waals surface area contributed by atoms with Crippen LogP contribution >= 0.6 is 0 Å². The van der Waals surface area contributed by atoms with E-state index in [0.29, 0.717) is 37.3 Å². The van der Waals surface area contributed by atoms with Gasteiger partial charge in [0.05, 0.1) is 83.9 Å². The average molecular weight is 579 g/mol. The Kier molecular flexibility index (Phi) is 8.68. The summed E-state index contributed by atoms with van der Waals surface area (Å²) in [5.41, 5.74) is 0.494. The lowest BCUT2D eigenvalue weighted by atomic mass is 9.81. The van der Waals surface area contributed by atoms with Crippen molar-refractivity contribution >= 4 is 0 Å². The molecule has 6 fully saturated rings. The molecule has 0 aromatic rings. The lowest BCUT2D eigenvalue weighted by Crippen LogP contribution is -2.48. The Morgan fingerprint density at radius 3 is 1.59 bits per heavy atom. The van der Waals surface area contributed by atoms with Gasteiger partial charge in [-0.1, -0.05) is 34.6 Å². The van der Waals surface area contributed by atoms with Gasteiger partial charge in [-0.25, -0.2) is 0 Å². The fourth-order valence-electron chi connectivity index (χ4n) is 9.06. The van der Waals surface area contributed by atoms with Crippen LogP contribution in [0, 0.1) is 38.9 Å². The second-order valence-corrected chi connectivity index (χ2v) is 16.1. The number of aliphatic hydroxyl groups excluding tert-OH is 1. The van der Waals surface area contributed by atoms with Crippen molar-refractivity contribution < 1.29 is 33.5 Å². The van der Waals surface area contributed by atoms with Crippen LogP contribution in [-0.4, -0.2) is 89.0 Å². The summed E-state index contributed by atoms with van der Waals surface area (Å²) in [6.45, 7) is 17.7. The lowest BCUT2D eigenvalue weighted by molar-refractivity contribution is -0.177. The van der Waals surface area contributed by atoms with Gasteiger partial charge in [-0.3, -0.25) is 0 Å². The van der Waals surface area contributed by atoms with Crippen LogP contribution in [-0.2, 0) is 28.4 Å². The van der Waals surface area contributed by atoms with Gasteiger partial charge in [0.25, 0.3) is 0 Å². The maximum Gasteiger partial charge on any atom is 0.0633 e. The molecule has 1 N–H and O–H groups in total. The topological polar surface area (TPSA) is 75.6 Å². The Morgan fingerprint density at radius 1 is 0.683 bits per heavy atom. The third kappa shape index (κ3) is 5.68. The number of rotatable bonds is 16. The van der Waals surface area contributed by atoms with Crippen LogP contribution in [0.25, 0.3) is 0 Å². The zero-order valence-electron chi connectivity index (χ0n) is 26.6. The van der Waals surface area contributed by atoms with E-state index in [4.69, 9.17) is 28.4 Å². The van der Waals surface area contributed by atoms with E-state index >= 15 is 0 Å². The molecule has 6 rings (SSSR count). The zero-order valence-corrected chi connectivity index (χ0v) is 26.6. The van der Waals surface area contributed by atoms with E-state index in [9.17, 15) is 5.11 Å². The first kappa shape index (κ1) is 30.7. The Labute approximate surface area is 248 Å². The molecule has 2 aliphatic heterocycles. The molecule has 7 heteroatoms. The molecule has 236 valence electrons. The van der Waals surface area contributed by atoms with Crippen molar-refractivity contribution in [3.63, 3.8) is 0 Å². The minimum Gasteiger partial charge on any atom is -0.396 e. The summed E-state index contributed by atoms with van der Waals surface area (Å²) in [7, 11) is 0. The second kappa shape index (κ2) is 11.6. The first-order valence-electron chi connectivity index (χ1n) is 16.9. The highest BCUT2D eigenvalue weighted by atomic mass is 16.5. The summed E-state index contributed by atoms with van der Waals surface area (Å²) in [5, 5.41) is 10.6. The average Bonchev–Trinajstić information content (AvgIpc) is 3.63. The number of hydrogen-bond acceptors (Lipinski definition) is 7. The van der Waals surface area contributed by atoms with Crippen molar-refractivity contribution in [1.82, 2.24) is 0 Å². The van der Waals surface area contributed by atoms with Crippen molar-refractivity contribution in [3.8, 4) is 0 Å². The predicted octanol–water partition coefficient (Wildman–Crippen LogP) is 5.41. The molecule has 4 saturated carbocycles. The maximum absolute atomic E-state index is 10.6. The van der Waals surface area contributed by atoms with Gasteiger partial charge in [0.15, 0.2) is 0 Å². The van der Waals surface area contributed by atoms with Crippen molar-refractivity contribution in [2.75, 3.05) is 59.5 Å². The fourth-order valence-corrected chi connectivity index (χ4v) is 9.06. The molecule has 7 nitrogen and oxygen atoms in total. The molecule has 2 saturated heterocycles. The highest BCUT2D eigenvalue weighted by Gasteiger charge is 2.57.